The fourth-order valence-corrected chi connectivity index (χ4v) is 3.56. The molecule has 1 heterocycles. The Morgan fingerprint density at radius 3 is 2.62 bits per heavy atom. The molecule has 1 aliphatic heterocycles. The van der Waals surface area contributed by atoms with Crippen molar-refractivity contribution >= 4 is 21.6 Å². The molecular weight excluding hydrogens is 359 g/mol. The quantitative estimate of drug-likeness (QED) is 0.835. The van der Waals surface area contributed by atoms with Gasteiger partial charge in [-0.25, -0.2) is 17.5 Å². The van der Waals surface area contributed by atoms with Gasteiger partial charge in [0, 0.05) is 12.2 Å². The number of hydrogen-bond acceptors (Lipinski definition) is 4. The lowest BCUT2D eigenvalue weighted by molar-refractivity contribution is -0.118. The predicted molar refractivity (Wildman–Crippen MR) is 95.9 cm³/mol. The number of rotatable bonds is 6. The topological polar surface area (TPSA) is 75.7 Å². The number of hydrogen-bond donors (Lipinski definition) is 1. The Labute approximate surface area is 151 Å². The zero-order valence-corrected chi connectivity index (χ0v) is 15.0. The van der Waals surface area contributed by atoms with Gasteiger partial charge in [-0.05, 0) is 48.4 Å². The lowest BCUT2D eigenvalue weighted by atomic mass is 10.2. The van der Waals surface area contributed by atoms with Crippen molar-refractivity contribution in [1.82, 2.24) is 4.72 Å². The van der Waals surface area contributed by atoms with Crippen LogP contribution >= 0.6 is 0 Å². The van der Waals surface area contributed by atoms with Gasteiger partial charge in [-0.15, -0.1) is 0 Å². The lowest BCUT2D eigenvalue weighted by Crippen LogP contribution is -2.40. The van der Waals surface area contributed by atoms with Gasteiger partial charge in [0.15, 0.2) is 0 Å². The number of carbonyl (C=O) groups is 1. The van der Waals surface area contributed by atoms with Gasteiger partial charge in [-0.3, -0.25) is 4.79 Å². The molecule has 1 atom stereocenters. The number of carbonyl (C=O) groups excluding carboxylic acids is 1. The highest BCUT2D eigenvalue weighted by atomic mass is 32.2. The van der Waals surface area contributed by atoms with Crippen molar-refractivity contribution < 1.29 is 22.3 Å². The maximum absolute atomic E-state index is 13.2. The molecule has 1 fully saturated rings. The standard InChI is InChI=1S/C18H19FN2O4S/c1-26(23,24)20-17-9-10-21(18(17)22)15-5-7-16(8-6-15)25-12-13-3-2-4-14(19)11-13/h2-8,11,17,20H,9-10,12H2,1H3/t17-/m1/s1. The molecule has 1 aliphatic rings. The highest BCUT2D eigenvalue weighted by Gasteiger charge is 2.34. The first-order valence-corrected chi connectivity index (χ1v) is 9.97. The minimum Gasteiger partial charge on any atom is -0.489 e. The van der Waals surface area contributed by atoms with Gasteiger partial charge < -0.3 is 9.64 Å². The molecule has 2 aromatic carbocycles. The molecule has 2 aromatic rings. The van der Waals surface area contributed by atoms with Gasteiger partial charge in [-0.2, -0.15) is 0 Å². The largest absolute Gasteiger partial charge is 0.489 e. The van der Waals surface area contributed by atoms with Gasteiger partial charge in [0.2, 0.25) is 15.9 Å². The summed E-state index contributed by atoms with van der Waals surface area (Å²) in [5.74, 6) is 0.00516. The van der Waals surface area contributed by atoms with Crippen LogP contribution in [0.15, 0.2) is 48.5 Å². The Morgan fingerprint density at radius 1 is 1.23 bits per heavy atom. The Bertz CT molecular complexity index is 900. The average molecular weight is 378 g/mol. The third-order valence-electron chi connectivity index (χ3n) is 4.00. The van der Waals surface area contributed by atoms with E-state index in [-0.39, 0.29) is 18.3 Å². The molecule has 3 rings (SSSR count). The van der Waals surface area contributed by atoms with Crippen LogP contribution in [0.4, 0.5) is 10.1 Å². The van der Waals surface area contributed by atoms with E-state index in [2.05, 4.69) is 4.72 Å². The second kappa shape index (κ2) is 7.43. The van der Waals surface area contributed by atoms with E-state index >= 15 is 0 Å². The summed E-state index contributed by atoms with van der Waals surface area (Å²) >= 11 is 0. The van der Waals surface area contributed by atoms with Crippen molar-refractivity contribution in [1.29, 1.82) is 0 Å². The monoisotopic (exact) mass is 378 g/mol. The minimum atomic E-state index is -3.43. The van der Waals surface area contributed by atoms with Crippen LogP contribution in [0.2, 0.25) is 0 Å². The Hall–Kier alpha value is -2.45. The van der Waals surface area contributed by atoms with Crippen LogP contribution in [0, 0.1) is 5.82 Å². The molecule has 0 bridgehead atoms. The molecule has 0 radical (unpaired) electrons. The summed E-state index contributed by atoms with van der Waals surface area (Å²) in [7, 11) is -3.43. The maximum Gasteiger partial charge on any atom is 0.245 e. The van der Waals surface area contributed by atoms with Crippen molar-refractivity contribution in [3.05, 3.63) is 59.9 Å². The Kier molecular flexibility index (Phi) is 5.24. The van der Waals surface area contributed by atoms with Crippen LogP contribution in [0.3, 0.4) is 0 Å². The van der Waals surface area contributed by atoms with E-state index in [0.29, 0.717) is 24.4 Å². The summed E-state index contributed by atoms with van der Waals surface area (Å²) < 4.78 is 43.7. The van der Waals surface area contributed by atoms with Crippen molar-refractivity contribution in [2.45, 2.75) is 19.1 Å². The molecule has 0 aliphatic carbocycles. The molecule has 8 heteroatoms. The molecule has 138 valence electrons. The van der Waals surface area contributed by atoms with Crippen LogP contribution in [0.5, 0.6) is 5.75 Å². The molecule has 1 N–H and O–H groups in total. The molecule has 0 aromatic heterocycles. The number of nitrogens with one attached hydrogen (secondary N) is 1. The number of anilines is 1. The van der Waals surface area contributed by atoms with Crippen LogP contribution in [-0.2, 0) is 21.4 Å². The zero-order chi connectivity index (χ0) is 18.7. The van der Waals surface area contributed by atoms with Gasteiger partial charge in [0.05, 0.1) is 6.26 Å². The van der Waals surface area contributed by atoms with Gasteiger partial charge in [-0.1, -0.05) is 12.1 Å². The van der Waals surface area contributed by atoms with E-state index in [0.717, 1.165) is 11.8 Å². The number of halogens is 1. The molecule has 6 nitrogen and oxygen atoms in total. The number of amides is 1. The number of ether oxygens (including phenoxy) is 1. The van der Waals surface area contributed by atoms with Crippen molar-refractivity contribution in [3.63, 3.8) is 0 Å². The molecule has 26 heavy (non-hydrogen) atoms. The number of nitrogens with zero attached hydrogens (tertiary/aromatic N) is 1. The van der Waals surface area contributed by atoms with E-state index in [1.807, 2.05) is 0 Å². The molecule has 1 saturated heterocycles. The van der Waals surface area contributed by atoms with Crippen molar-refractivity contribution in [2.75, 3.05) is 17.7 Å². The van der Waals surface area contributed by atoms with E-state index in [4.69, 9.17) is 4.74 Å². The fraction of sp³-hybridized carbons (Fsp3) is 0.278. The summed E-state index contributed by atoms with van der Waals surface area (Å²) in [6.07, 6.45) is 1.46. The molecule has 1 amide bonds. The maximum atomic E-state index is 13.2. The summed E-state index contributed by atoms with van der Waals surface area (Å²) in [6, 6.07) is 12.4. The summed E-state index contributed by atoms with van der Waals surface area (Å²) in [6.45, 7) is 0.676. The van der Waals surface area contributed by atoms with E-state index in [1.165, 1.54) is 12.1 Å². The molecule has 0 unspecified atom stereocenters. The first-order chi connectivity index (χ1) is 12.3. The third kappa shape index (κ3) is 4.59. The second-order valence-corrected chi connectivity index (χ2v) is 7.91. The predicted octanol–water partition coefficient (Wildman–Crippen LogP) is 2.06. The van der Waals surface area contributed by atoms with E-state index in [9.17, 15) is 17.6 Å². The van der Waals surface area contributed by atoms with Crippen molar-refractivity contribution in [2.24, 2.45) is 0 Å². The minimum absolute atomic E-state index is 0.236. The van der Waals surface area contributed by atoms with Crippen LogP contribution in [-0.4, -0.2) is 33.2 Å². The smallest absolute Gasteiger partial charge is 0.245 e. The lowest BCUT2D eigenvalue weighted by Gasteiger charge is -2.17. The zero-order valence-electron chi connectivity index (χ0n) is 14.2. The first kappa shape index (κ1) is 18.3. The van der Waals surface area contributed by atoms with Crippen molar-refractivity contribution in [3.8, 4) is 5.75 Å². The first-order valence-electron chi connectivity index (χ1n) is 8.08. The van der Waals surface area contributed by atoms with Gasteiger partial charge >= 0.3 is 0 Å². The van der Waals surface area contributed by atoms with Crippen LogP contribution in [0.25, 0.3) is 0 Å². The van der Waals surface area contributed by atoms with E-state index in [1.54, 1.807) is 41.3 Å². The van der Waals surface area contributed by atoms with Gasteiger partial charge in [0.1, 0.15) is 24.2 Å². The second-order valence-electron chi connectivity index (χ2n) is 6.13. The average Bonchev–Trinajstić information content (AvgIpc) is 2.93. The normalized spacial score (nSPS) is 17.5. The molecule has 0 saturated carbocycles. The molecular formula is C18H19FN2O4S. The number of sulfonamides is 1. The summed E-state index contributed by atoms with van der Waals surface area (Å²) in [5, 5.41) is 0. The number of benzene rings is 2. The Balaban J connectivity index is 1.62. The summed E-state index contributed by atoms with van der Waals surface area (Å²) in [5.41, 5.74) is 1.39. The Morgan fingerprint density at radius 2 is 1.96 bits per heavy atom. The highest BCUT2D eigenvalue weighted by molar-refractivity contribution is 7.88. The SMILES string of the molecule is CS(=O)(=O)N[C@@H]1CCN(c2ccc(OCc3cccc(F)c3)cc2)C1=O. The van der Waals surface area contributed by atoms with Crippen LogP contribution < -0.4 is 14.4 Å². The molecule has 0 spiro atoms. The van der Waals surface area contributed by atoms with E-state index < -0.39 is 16.1 Å². The van der Waals surface area contributed by atoms with Crippen LogP contribution in [0.1, 0.15) is 12.0 Å². The highest BCUT2D eigenvalue weighted by Crippen LogP contribution is 2.25. The third-order valence-corrected chi connectivity index (χ3v) is 4.72. The fourth-order valence-electron chi connectivity index (χ4n) is 2.82. The summed E-state index contributed by atoms with van der Waals surface area (Å²) in [4.78, 5) is 13.9. The van der Waals surface area contributed by atoms with Gasteiger partial charge in [0.25, 0.3) is 0 Å².